The lowest BCUT2D eigenvalue weighted by Gasteiger charge is -2.28. The molecule has 21 heavy (non-hydrogen) atoms. The van der Waals surface area contributed by atoms with E-state index >= 15 is 0 Å². The lowest BCUT2D eigenvalue weighted by Crippen LogP contribution is -2.42. The van der Waals surface area contributed by atoms with E-state index in [1.807, 2.05) is 20.8 Å². The number of rotatable bonds is 3. The minimum absolute atomic E-state index is 0.0196. The summed E-state index contributed by atoms with van der Waals surface area (Å²) < 4.78 is 17.8. The molecule has 2 atom stereocenters. The molecule has 0 spiro atoms. The monoisotopic (exact) mass is 310 g/mol. The van der Waals surface area contributed by atoms with Crippen molar-refractivity contribution in [2.45, 2.75) is 50.2 Å². The largest absolute Gasteiger partial charge is 0.444 e. The molecule has 1 fully saturated rings. The molecular formula is C15H22N2O3S. The van der Waals surface area contributed by atoms with Crippen molar-refractivity contribution in [2.75, 3.05) is 12.3 Å². The number of hydrogen-bond acceptors (Lipinski definition) is 4. The highest BCUT2D eigenvalue weighted by Gasteiger charge is 2.33. The summed E-state index contributed by atoms with van der Waals surface area (Å²) in [5.41, 5.74) is -0.505. The Labute approximate surface area is 128 Å². The Morgan fingerprint density at radius 1 is 1.43 bits per heavy atom. The van der Waals surface area contributed by atoms with Crippen molar-refractivity contribution in [2.24, 2.45) is 0 Å². The molecule has 2 heterocycles. The minimum Gasteiger partial charge on any atom is -0.444 e. The normalized spacial score (nSPS) is 20.3. The second kappa shape index (κ2) is 6.56. The van der Waals surface area contributed by atoms with Crippen molar-refractivity contribution in [3.63, 3.8) is 0 Å². The van der Waals surface area contributed by atoms with Gasteiger partial charge in [-0.25, -0.2) is 4.79 Å². The first-order chi connectivity index (χ1) is 9.87. The average molecular weight is 310 g/mol. The van der Waals surface area contributed by atoms with Crippen LogP contribution >= 0.6 is 0 Å². The van der Waals surface area contributed by atoms with Crippen molar-refractivity contribution in [3.8, 4) is 0 Å². The quantitative estimate of drug-likeness (QED) is 0.861. The molecule has 0 aromatic carbocycles. The summed E-state index contributed by atoms with van der Waals surface area (Å²) in [6.07, 6.45) is 4.76. The van der Waals surface area contributed by atoms with Crippen LogP contribution in [0.4, 0.5) is 4.79 Å². The van der Waals surface area contributed by atoms with Gasteiger partial charge in [0.25, 0.3) is 0 Å². The van der Waals surface area contributed by atoms with Gasteiger partial charge in [-0.1, -0.05) is 0 Å². The van der Waals surface area contributed by atoms with E-state index in [0.717, 1.165) is 17.7 Å². The van der Waals surface area contributed by atoms with Gasteiger partial charge in [0.05, 0.1) is 10.8 Å². The molecule has 0 unspecified atom stereocenters. The van der Waals surface area contributed by atoms with Crippen molar-refractivity contribution in [3.05, 3.63) is 24.5 Å². The third-order valence-corrected chi connectivity index (χ3v) is 4.75. The van der Waals surface area contributed by atoms with Crippen LogP contribution in [0.2, 0.25) is 0 Å². The van der Waals surface area contributed by atoms with E-state index in [0.29, 0.717) is 12.3 Å². The lowest BCUT2D eigenvalue weighted by molar-refractivity contribution is 0.0241. The Bertz CT molecular complexity index is 513. The fourth-order valence-corrected chi connectivity index (χ4v) is 3.64. The summed E-state index contributed by atoms with van der Waals surface area (Å²) in [6.45, 7) is 6.23. The van der Waals surface area contributed by atoms with Crippen LogP contribution in [0.15, 0.2) is 29.4 Å². The van der Waals surface area contributed by atoms with E-state index in [-0.39, 0.29) is 12.1 Å². The summed E-state index contributed by atoms with van der Waals surface area (Å²) in [7, 11) is -1.12. The van der Waals surface area contributed by atoms with Crippen LogP contribution in [0.25, 0.3) is 0 Å². The SMILES string of the molecule is CC(C)(C)OC(=O)N1CCC[C@H]1C[S@@](=O)c1ccncc1. The standard InChI is InChI=1S/C15H22N2O3S/c1-15(2,3)20-14(18)17-10-4-5-12(17)11-21(19)13-6-8-16-9-7-13/h6-9,12H,4-5,10-11H2,1-3H3/t12-,21+/m0/s1. The van der Waals surface area contributed by atoms with E-state index < -0.39 is 16.4 Å². The number of pyridine rings is 1. The Kier molecular flexibility index (Phi) is 4.98. The Hall–Kier alpha value is -1.43. The first kappa shape index (κ1) is 15.9. The van der Waals surface area contributed by atoms with Gasteiger partial charge in [-0.3, -0.25) is 9.19 Å². The smallest absolute Gasteiger partial charge is 0.410 e. The number of ether oxygens (including phenoxy) is 1. The zero-order valence-electron chi connectivity index (χ0n) is 12.7. The summed E-state index contributed by atoms with van der Waals surface area (Å²) in [6, 6.07) is 3.49. The molecule has 0 bridgehead atoms. The van der Waals surface area contributed by atoms with Gasteiger partial charge in [0.1, 0.15) is 5.60 Å². The summed E-state index contributed by atoms with van der Waals surface area (Å²) in [5.74, 6) is 0.448. The Morgan fingerprint density at radius 2 is 2.10 bits per heavy atom. The zero-order chi connectivity index (χ0) is 15.5. The topological polar surface area (TPSA) is 59.5 Å². The second-order valence-electron chi connectivity index (χ2n) is 6.16. The minimum atomic E-state index is -1.12. The zero-order valence-corrected chi connectivity index (χ0v) is 13.6. The van der Waals surface area contributed by atoms with E-state index in [1.165, 1.54) is 0 Å². The molecule has 0 N–H and O–H groups in total. The van der Waals surface area contributed by atoms with Gasteiger partial charge in [0, 0.05) is 35.6 Å². The number of hydrogen-bond donors (Lipinski definition) is 0. The van der Waals surface area contributed by atoms with E-state index in [2.05, 4.69) is 4.98 Å². The molecule has 2 rings (SSSR count). The average Bonchev–Trinajstić information content (AvgIpc) is 2.86. The second-order valence-corrected chi connectivity index (χ2v) is 7.66. The predicted octanol–water partition coefficient (Wildman–Crippen LogP) is 2.59. The van der Waals surface area contributed by atoms with E-state index in [9.17, 15) is 9.00 Å². The molecule has 6 heteroatoms. The van der Waals surface area contributed by atoms with Crippen molar-refractivity contribution < 1.29 is 13.7 Å². The fraction of sp³-hybridized carbons (Fsp3) is 0.600. The van der Waals surface area contributed by atoms with E-state index in [4.69, 9.17) is 4.74 Å². The maximum absolute atomic E-state index is 12.4. The van der Waals surface area contributed by atoms with Crippen LogP contribution < -0.4 is 0 Å². The highest BCUT2D eigenvalue weighted by molar-refractivity contribution is 7.85. The molecule has 1 saturated heterocycles. The Balaban J connectivity index is 1.99. The molecule has 1 aliphatic rings. The van der Waals surface area contributed by atoms with E-state index in [1.54, 1.807) is 29.4 Å². The third-order valence-electron chi connectivity index (χ3n) is 3.26. The van der Waals surface area contributed by atoms with Crippen LogP contribution in [0.3, 0.4) is 0 Å². The van der Waals surface area contributed by atoms with Crippen molar-refractivity contribution >= 4 is 16.9 Å². The van der Waals surface area contributed by atoms with Gasteiger partial charge in [-0.05, 0) is 45.7 Å². The number of aromatic nitrogens is 1. The number of carbonyl (C=O) groups is 1. The molecule has 0 aliphatic carbocycles. The third kappa shape index (κ3) is 4.52. The molecule has 1 aromatic heterocycles. The highest BCUT2D eigenvalue weighted by Crippen LogP contribution is 2.22. The molecule has 1 amide bonds. The summed E-state index contributed by atoms with van der Waals surface area (Å²) in [4.78, 5) is 18.6. The Morgan fingerprint density at radius 3 is 2.71 bits per heavy atom. The van der Waals surface area contributed by atoms with Crippen molar-refractivity contribution in [1.82, 2.24) is 9.88 Å². The van der Waals surface area contributed by atoms with Gasteiger partial charge in [0.2, 0.25) is 0 Å². The maximum atomic E-state index is 12.4. The summed E-state index contributed by atoms with van der Waals surface area (Å²) >= 11 is 0. The van der Waals surface area contributed by atoms with Gasteiger partial charge in [0.15, 0.2) is 0 Å². The number of amides is 1. The van der Waals surface area contributed by atoms with Crippen LogP contribution in [0, 0.1) is 0 Å². The lowest BCUT2D eigenvalue weighted by atomic mass is 10.2. The molecular weight excluding hydrogens is 288 g/mol. The van der Waals surface area contributed by atoms with Gasteiger partial charge < -0.3 is 9.64 Å². The molecule has 116 valence electrons. The van der Waals surface area contributed by atoms with Gasteiger partial charge >= 0.3 is 6.09 Å². The molecule has 1 aromatic rings. The number of nitrogens with zero attached hydrogens (tertiary/aromatic N) is 2. The van der Waals surface area contributed by atoms with Crippen LogP contribution in [-0.4, -0.2) is 44.1 Å². The number of likely N-dealkylation sites (tertiary alicyclic amines) is 1. The predicted molar refractivity (Wildman–Crippen MR) is 81.5 cm³/mol. The first-order valence-electron chi connectivity index (χ1n) is 7.15. The van der Waals surface area contributed by atoms with Crippen LogP contribution in [0.5, 0.6) is 0 Å². The van der Waals surface area contributed by atoms with Gasteiger partial charge in [-0.15, -0.1) is 0 Å². The molecule has 5 nitrogen and oxygen atoms in total. The van der Waals surface area contributed by atoms with Crippen LogP contribution in [-0.2, 0) is 15.5 Å². The van der Waals surface area contributed by atoms with Crippen molar-refractivity contribution in [1.29, 1.82) is 0 Å². The molecule has 0 radical (unpaired) electrons. The molecule has 0 saturated carbocycles. The highest BCUT2D eigenvalue weighted by atomic mass is 32.2. The molecule has 1 aliphatic heterocycles. The number of carbonyl (C=O) groups excluding carboxylic acids is 1. The maximum Gasteiger partial charge on any atom is 0.410 e. The summed E-state index contributed by atoms with van der Waals surface area (Å²) in [5, 5.41) is 0. The van der Waals surface area contributed by atoms with Crippen LogP contribution in [0.1, 0.15) is 33.6 Å². The first-order valence-corrected chi connectivity index (χ1v) is 8.47. The van der Waals surface area contributed by atoms with Gasteiger partial charge in [-0.2, -0.15) is 0 Å². The fourth-order valence-electron chi connectivity index (χ4n) is 2.33.